The highest BCUT2D eigenvalue weighted by Crippen LogP contribution is 2.25. The van der Waals surface area contributed by atoms with E-state index in [-0.39, 0.29) is 11.9 Å². The highest BCUT2D eigenvalue weighted by atomic mass is 19.1. The van der Waals surface area contributed by atoms with Crippen LogP contribution < -0.4 is 10.1 Å². The van der Waals surface area contributed by atoms with Crippen molar-refractivity contribution < 1.29 is 9.13 Å². The fraction of sp³-hybridized carbons (Fsp3) is 0.333. The Balaban J connectivity index is 2.33. The molecule has 3 heteroatoms. The summed E-state index contributed by atoms with van der Waals surface area (Å²) in [6, 6.07) is 13.3. The lowest BCUT2D eigenvalue weighted by Gasteiger charge is -2.20. The number of hydrogen-bond acceptors (Lipinski definition) is 2. The molecule has 0 aliphatic rings. The van der Waals surface area contributed by atoms with Crippen LogP contribution in [0.4, 0.5) is 4.39 Å². The molecule has 112 valence electrons. The van der Waals surface area contributed by atoms with Crippen molar-refractivity contribution in [3.8, 4) is 5.75 Å². The largest absolute Gasteiger partial charge is 0.497 e. The van der Waals surface area contributed by atoms with Crippen LogP contribution >= 0.6 is 0 Å². The van der Waals surface area contributed by atoms with Gasteiger partial charge in [-0.25, -0.2) is 4.39 Å². The third-order valence-corrected chi connectivity index (χ3v) is 3.58. The minimum absolute atomic E-state index is 0.00837. The van der Waals surface area contributed by atoms with E-state index >= 15 is 0 Å². The molecule has 0 saturated carbocycles. The van der Waals surface area contributed by atoms with Gasteiger partial charge >= 0.3 is 0 Å². The monoisotopic (exact) mass is 287 g/mol. The zero-order chi connectivity index (χ0) is 15.2. The molecule has 0 amide bonds. The van der Waals surface area contributed by atoms with E-state index in [9.17, 15) is 4.39 Å². The number of ether oxygens (including phenoxy) is 1. The Kier molecular flexibility index (Phi) is 5.34. The van der Waals surface area contributed by atoms with Gasteiger partial charge in [-0.3, -0.25) is 0 Å². The molecular formula is C18H22FNO. The number of rotatable bonds is 6. The van der Waals surface area contributed by atoms with Crippen LogP contribution in [0.1, 0.15) is 36.1 Å². The third kappa shape index (κ3) is 3.82. The lowest BCUT2D eigenvalue weighted by molar-refractivity contribution is 0.414. The molecule has 0 saturated heterocycles. The second-order valence-electron chi connectivity index (χ2n) is 5.17. The predicted octanol–water partition coefficient (Wildman–Crippen LogP) is 4.23. The molecular weight excluding hydrogens is 265 g/mol. The molecule has 1 N–H and O–H groups in total. The predicted molar refractivity (Wildman–Crippen MR) is 84.3 cm³/mol. The van der Waals surface area contributed by atoms with E-state index in [1.165, 1.54) is 0 Å². The van der Waals surface area contributed by atoms with Gasteiger partial charge in [0.1, 0.15) is 11.6 Å². The van der Waals surface area contributed by atoms with E-state index in [1.54, 1.807) is 20.1 Å². The van der Waals surface area contributed by atoms with E-state index in [0.717, 1.165) is 29.8 Å². The first-order valence-corrected chi connectivity index (χ1v) is 7.29. The minimum atomic E-state index is -0.163. The van der Waals surface area contributed by atoms with Gasteiger partial charge in [0.25, 0.3) is 0 Å². The molecule has 2 nitrogen and oxygen atoms in total. The highest BCUT2D eigenvalue weighted by Gasteiger charge is 2.14. The topological polar surface area (TPSA) is 21.3 Å². The molecule has 1 unspecified atom stereocenters. The zero-order valence-electron chi connectivity index (χ0n) is 12.8. The summed E-state index contributed by atoms with van der Waals surface area (Å²) < 4.78 is 19.0. The number of methoxy groups -OCH3 is 1. The van der Waals surface area contributed by atoms with Crippen molar-refractivity contribution in [1.29, 1.82) is 0 Å². The van der Waals surface area contributed by atoms with Crippen LogP contribution in [0.25, 0.3) is 0 Å². The SMILES string of the molecule is CCCNC(c1ccc(OC)cc1)c1ccc(C)c(F)c1. The molecule has 2 rings (SSSR count). The van der Waals surface area contributed by atoms with E-state index in [0.29, 0.717) is 5.56 Å². The molecule has 0 fully saturated rings. The van der Waals surface area contributed by atoms with E-state index in [2.05, 4.69) is 12.2 Å². The summed E-state index contributed by atoms with van der Waals surface area (Å²) in [6.45, 7) is 4.78. The van der Waals surface area contributed by atoms with Gasteiger partial charge in [-0.1, -0.05) is 31.2 Å². The van der Waals surface area contributed by atoms with Gasteiger partial charge in [0, 0.05) is 0 Å². The summed E-state index contributed by atoms with van der Waals surface area (Å²) in [7, 11) is 1.65. The van der Waals surface area contributed by atoms with Gasteiger partial charge in [0.15, 0.2) is 0 Å². The second kappa shape index (κ2) is 7.23. The van der Waals surface area contributed by atoms with Crippen molar-refractivity contribution >= 4 is 0 Å². The molecule has 21 heavy (non-hydrogen) atoms. The first-order chi connectivity index (χ1) is 10.2. The Morgan fingerprint density at radius 2 is 1.76 bits per heavy atom. The van der Waals surface area contributed by atoms with Crippen LogP contribution in [-0.2, 0) is 0 Å². The van der Waals surface area contributed by atoms with Crippen molar-refractivity contribution in [1.82, 2.24) is 5.32 Å². The lowest BCUT2D eigenvalue weighted by Crippen LogP contribution is -2.23. The lowest BCUT2D eigenvalue weighted by atomic mass is 9.97. The van der Waals surface area contributed by atoms with Crippen LogP contribution in [0.3, 0.4) is 0 Å². The Morgan fingerprint density at radius 1 is 1.10 bits per heavy atom. The summed E-state index contributed by atoms with van der Waals surface area (Å²) in [5.41, 5.74) is 2.71. The fourth-order valence-corrected chi connectivity index (χ4v) is 2.30. The number of halogens is 1. The Bertz CT molecular complexity index is 580. The van der Waals surface area contributed by atoms with E-state index in [4.69, 9.17) is 4.74 Å². The minimum Gasteiger partial charge on any atom is -0.497 e. The van der Waals surface area contributed by atoms with Crippen molar-refractivity contribution in [2.24, 2.45) is 0 Å². The third-order valence-electron chi connectivity index (χ3n) is 3.58. The molecule has 0 radical (unpaired) electrons. The smallest absolute Gasteiger partial charge is 0.126 e. The quantitative estimate of drug-likeness (QED) is 0.858. The summed E-state index contributed by atoms with van der Waals surface area (Å²) in [4.78, 5) is 0. The molecule has 0 aliphatic carbocycles. The number of nitrogens with one attached hydrogen (secondary N) is 1. The molecule has 0 aliphatic heterocycles. The zero-order valence-corrected chi connectivity index (χ0v) is 12.8. The summed E-state index contributed by atoms with van der Waals surface area (Å²) in [5.74, 6) is 0.660. The van der Waals surface area contributed by atoms with E-state index < -0.39 is 0 Å². The van der Waals surface area contributed by atoms with Crippen molar-refractivity contribution in [2.75, 3.05) is 13.7 Å². The molecule has 0 bridgehead atoms. The molecule has 2 aromatic rings. The molecule has 1 atom stereocenters. The molecule has 0 spiro atoms. The van der Waals surface area contributed by atoms with Gasteiger partial charge in [0.05, 0.1) is 13.2 Å². The van der Waals surface area contributed by atoms with Gasteiger partial charge in [-0.05, 0) is 54.8 Å². The maximum absolute atomic E-state index is 13.8. The van der Waals surface area contributed by atoms with Crippen LogP contribution in [0.15, 0.2) is 42.5 Å². The van der Waals surface area contributed by atoms with Crippen LogP contribution in [0.5, 0.6) is 5.75 Å². The molecule has 2 aromatic carbocycles. The summed E-state index contributed by atoms with van der Waals surface area (Å²) in [5, 5.41) is 3.48. The van der Waals surface area contributed by atoms with Crippen molar-refractivity contribution in [3.63, 3.8) is 0 Å². The van der Waals surface area contributed by atoms with Gasteiger partial charge < -0.3 is 10.1 Å². The standard InChI is InChI=1S/C18H22FNO/c1-4-11-20-18(14-7-9-16(21-3)10-8-14)15-6-5-13(2)17(19)12-15/h5-10,12,18,20H,4,11H2,1-3H3. The first-order valence-electron chi connectivity index (χ1n) is 7.29. The van der Waals surface area contributed by atoms with E-state index in [1.807, 2.05) is 36.4 Å². The number of aryl methyl sites for hydroxylation is 1. The normalized spacial score (nSPS) is 12.2. The average molecular weight is 287 g/mol. The molecule has 0 heterocycles. The first kappa shape index (κ1) is 15.5. The van der Waals surface area contributed by atoms with Crippen LogP contribution in [0, 0.1) is 12.7 Å². The fourth-order valence-electron chi connectivity index (χ4n) is 2.30. The maximum Gasteiger partial charge on any atom is 0.126 e. The van der Waals surface area contributed by atoms with Gasteiger partial charge in [0.2, 0.25) is 0 Å². The van der Waals surface area contributed by atoms with Gasteiger partial charge in [-0.15, -0.1) is 0 Å². The molecule has 0 aromatic heterocycles. The van der Waals surface area contributed by atoms with Crippen LogP contribution in [0.2, 0.25) is 0 Å². The highest BCUT2D eigenvalue weighted by molar-refractivity contribution is 5.36. The Hall–Kier alpha value is -1.87. The van der Waals surface area contributed by atoms with Gasteiger partial charge in [-0.2, -0.15) is 0 Å². The Morgan fingerprint density at radius 3 is 2.33 bits per heavy atom. The average Bonchev–Trinajstić information content (AvgIpc) is 2.51. The maximum atomic E-state index is 13.8. The number of hydrogen-bond donors (Lipinski definition) is 1. The number of benzene rings is 2. The second-order valence-corrected chi connectivity index (χ2v) is 5.17. The summed E-state index contributed by atoms with van der Waals surface area (Å²) in [6.07, 6.45) is 1.03. The van der Waals surface area contributed by atoms with Crippen molar-refractivity contribution in [2.45, 2.75) is 26.3 Å². The summed E-state index contributed by atoms with van der Waals surface area (Å²) >= 11 is 0. The Labute approximate surface area is 126 Å². The van der Waals surface area contributed by atoms with Crippen LogP contribution in [-0.4, -0.2) is 13.7 Å². The van der Waals surface area contributed by atoms with Crippen molar-refractivity contribution in [3.05, 3.63) is 65.0 Å².